The van der Waals surface area contributed by atoms with Crippen molar-refractivity contribution in [3.63, 3.8) is 0 Å². The van der Waals surface area contributed by atoms with Crippen LogP contribution in [-0.2, 0) is 4.79 Å². The number of amides is 1. The zero-order valence-corrected chi connectivity index (χ0v) is 11.3. The maximum absolute atomic E-state index is 11.9. The van der Waals surface area contributed by atoms with Crippen LogP contribution in [0.25, 0.3) is 0 Å². The van der Waals surface area contributed by atoms with Crippen LogP contribution in [-0.4, -0.2) is 34.0 Å². The van der Waals surface area contributed by atoms with Crippen molar-refractivity contribution in [1.82, 2.24) is 15.0 Å². The van der Waals surface area contributed by atoms with Crippen LogP contribution >= 0.6 is 0 Å². The van der Waals surface area contributed by atoms with Gasteiger partial charge in [0.25, 0.3) is 0 Å². The summed E-state index contributed by atoms with van der Waals surface area (Å²) in [6, 6.07) is 0. The normalized spacial score (nSPS) is 17.4. The van der Waals surface area contributed by atoms with Gasteiger partial charge >= 0.3 is 0 Å². The van der Waals surface area contributed by atoms with E-state index in [1.807, 2.05) is 11.8 Å². The van der Waals surface area contributed by atoms with Crippen LogP contribution < -0.4 is 0 Å². The molecule has 1 saturated heterocycles. The molecule has 0 N–H and O–H groups in total. The van der Waals surface area contributed by atoms with Gasteiger partial charge in [0.2, 0.25) is 11.8 Å². The van der Waals surface area contributed by atoms with Crippen LogP contribution in [0.3, 0.4) is 0 Å². The molecule has 0 spiro atoms. The van der Waals surface area contributed by atoms with Crippen LogP contribution in [0.5, 0.6) is 0 Å². The quantitative estimate of drug-likeness (QED) is 0.825. The van der Waals surface area contributed by atoms with E-state index in [0.717, 1.165) is 31.8 Å². The minimum absolute atomic E-state index is 0.269. The molecule has 5 nitrogen and oxygen atoms in total. The van der Waals surface area contributed by atoms with Gasteiger partial charge in [-0.3, -0.25) is 4.79 Å². The van der Waals surface area contributed by atoms with Crippen molar-refractivity contribution in [2.75, 3.05) is 13.1 Å². The molecule has 1 aliphatic rings. The van der Waals surface area contributed by atoms with Crippen molar-refractivity contribution in [2.24, 2.45) is 5.92 Å². The molecule has 1 aromatic heterocycles. The lowest BCUT2D eigenvalue weighted by molar-refractivity contribution is -0.133. The summed E-state index contributed by atoms with van der Waals surface area (Å²) in [5.74, 6) is 2.42. The molecule has 1 aromatic rings. The minimum atomic E-state index is 0.269. The SMILES string of the molecule is Cc1noc(C2CCN(C(=O)CC(C)C)CC2)n1. The first-order chi connectivity index (χ1) is 8.56. The van der Waals surface area contributed by atoms with Gasteiger partial charge in [-0.2, -0.15) is 4.98 Å². The van der Waals surface area contributed by atoms with Crippen LogP contribution in [0.4, 0.5) is 0 Å². The standard InChI is InChI=1S/C13H21N3O2/c1-9(2)8-12(17)16-6-4-11(5-7-16)13-14-10(3)15-18-13/h9,11H,4-8H2,1-3H3. The third-order valence-electron chi connectivity index (χ3n) is 3.32. The van der Waals surface area contributed by atoms with E-state index in [1.165, 1.54) is 0 Å². The number of hydrogen-bond acceptors (Lipinski definition) is 4. The zero-order chi connectivity index (χ0) is 13.1. The average molecular weight is 251 g/mol. The van der Waals surface area contributed by atoms with Crippen molar-refractivity contribution in [3.05, 3.63) is 11.7 Å². The molecule has 0 atom stereocenters. The maximum atomic E-state index is 11.9. The number of nitrogens with zero attached hydrogens (tertiary/aromatic N) is 3. The highest BCUT2D eigenvalue weighted by molar-refractivity contribution is 5.76. The Morgan fingerprint density at radius 1 is 1.44 bits per heavy atom. The number of carbonyl (C=O) groups excluding carboxylic acids is 1. The van der Waals surface area contributed by atoms with E-state index in [1.54, 1.807) is 0 Å². The Hall–Kier alpha value is -1.39. The highest BCUT2D eigenvalue weighted by Crippen LogP contribution is 2.27. The molecule has 5 heteroatoms. The Balaban J connectivity index is 1.86. The van der Waals surface area contributed by atoms with E-state index in [2.05, 4.69) is 24.0 Å². The van der Waals surface area contributed by atoms with Crippen LogP contribution in [0.2, 0.25) is 0 Å². The van der Waals surface area contributed by atoms with Gasteiger partial charge in [0.05, 0.1) is 0 Å². The monoisotopic (exact) mass is 251 g/mol. The van der Waals surface area contributed by atoms with Gasteiger partial charge < -0.3 is 9.42 Å². The fourth-order valence-electron chi connectivity index (χ4n) is 2.33. The molecule has 1 amide bonds. The van der Waals surface area contributed by atoms with Crippen molar-refractivity contribution in [2.45, 2.75) is 46.0 Å². The Labute approximate surface area is 108 Å². The molecule has 0 saturated carbocycles. The molecule has 1 aliphatic heterocycles. The van der Waals surface area contributed by atoms with Crippen molar-refractivity contribution >= 4 is 5.91 Å². The second kappa shape index (κ2) is 5.50. The predicted octanol–water partition coefficient (Wildman–Crippen LogP) is 2.13. The van der Waals surface area contributed by atoms with Gasteiger partial charge in [-0.15, -0.1) is 0 Å². The van der Waals surface area contributed by atoms with Crippen molar-refractivity contribution < 1.29 is 9.32 Å². The summed E-state index contributed by atoms with van der Waals surface area (Å²) < 4.78 is 5.20. The fourth-order valence-corrected chi connectivity index (χ4v) is 2.33. The number of aryl methyl sites for hydroxylation is 1. The number of hydrogen-bond donors (Lipinski definition) is 0. The lowest BCUT2D eigenvalue weighted by atomic mass is 9.96. The second-order valence-electron chi connectivity index (χ2n) is 5.43. The van der Waals surface area contributed by atoms with Crippen LogP contribution in [0.1, 0.15) is 50.7 Å². The summed E-state index contributed by atoms with van der Waals surface area (Å²) in [5, 5.41) is 3.82. The highest BCUT2D eigenvalue weighted by Gasteiger charge is 2.27. The smallest absolute Gasteiger partial charge is 0.229 e. The topological polar surface area (TPSA) is 59.2 Å². The lowest BCUT2D eigenvalue weighted by Crippen LogP contribution is -2.38. The molecule has 0 radical (unpaired) electrons. The van der Waals surface area contributed by atoms with Gasteiger partial charge in [-0.05, 0) is 25.7 Å². The summed E-state index contributed by atoms with van der Waals surface area (Å²) in [4.78, 5) is 18.2. The van der Waals surface area contributed by atoms with E-state index < -0.39 is 0 Å². The summed E-state index contributed by atoms with van der Waals surface area (Å²) in [7, 11) is 0. The molecular formula is C13H21N3O2. The first kappa shape index (κ1) is 13.1. The van der Waals surface area contributed by atoms with E-state index >= 15 is 0 Å². The minimum Gasteiger partial charge on any atom is -0.343 e. The maximum Gasteiger partial charge on any atom is 0.229 e. The van der Waals surface area contributed by atoms with Gasteiger partial charge in [0.1, 0.15) is 0 Å². The largest absolute Gasteiger partial charge is 0.343 e. The first-order valence-electron chi connectivity index (χ1n) is 6.64. The highest BCUT2D eigenvalue weighted by atomic mass is 16.5. The van der Waals surface area contributed by atoms with Gasteiger partial charge in [0, 0.05) is 25.4 Å². The van der Waals surface area contributed by atoms with Crippen LogP contribution in [0, 0.1) is 12.8 Å². The molecule has 0 aromatic carbocycles. The third kappa shape index (κ3) is 3.09. The Morgan fingerprint density at radius 3 is 2.61 bits per heavy atom. The molecule has 2 heterocycles. The lowest BCUT2D eigenvalue weighted by Gasteiger charge is -2.30. The molecule has 0 bridgehead atoms. The zero-order valence-electron chi connectivity index (χ0n) is 11.3. The molecule has 2 rings (SSSR count). The molecule has 100 valence electrons. The van der Waals surface area contributed by atoms with Crippen molar-refractivity contribution in [3.8, 4) is 0 Å². The van der Waals surface area contributed by atoms with E-state index in [4.69, 9.17) is 4.52 Å². The van der Waals surface area contributed by atoms with Crippen LogP contribution in [0.15, 0.2) is 4.52 Å². The van der Waals surface area contributed by atoms with Crippen molar-refractivity contribution in [1.29, 1.82) is 0 Å². The molecule has 0 aliphatic carbocycles. The summed E-state index contributed by atoms with van der Waals surface area (Å²) in [6.45, 7) is 7.58. The average Bonchev–Trinajstić information content (AvgIpc) is 2.75. The van der Waals surface area contributed by atoms with E-state index in [0.29, 0.717) is 24.1 Å². The molecular weight excluding hydrogens is 230 g/mol. The summed E-state index contributed by atoms with van der Waals surface area (Å²) in [6.07, 6.45) is 2.49. The summed E-state index contributed by atoms with van der Waals surface area (Å²) >= 11 is 0. The Kier molecular flexibility index (Phi) is 3.99. The number of aromatic nitrogens is 2. The van der Waals surface area contributed by atoms with Gasteiger partial charge in [-0.1, -0.05) is 19.0 Å². The van der Waals surface area contributed by atoms with Gasteiger partial charge in [0.15, 0.2) is 5.82 Å². The number of rotatable bonds is 3. The van der Waals surface area contributed by atoms with E-state index in [-0.39, 0.29) is 5.91 Å². The number of carbonyl (C=O) groups is 1. The summed E-state index contributed by atoms with van der Waals surface area (Å²) in [5.41, 5.74) is 0. The molecule has 18 heavy (non-hydrogen) atoms. The third-order valence-corrected chi connectivity index (χ3v) is 3.32. The second-order valence-corrected chi connectivity index (χ2v) is 5.43. The number of piperidine rings is 1. The fraction of sp³-hybridized carbons (Fsp3) is 0.769. The first-order valence-corrected chi connectivity index (χ1v) is 6.64. The predicted molar refractivity (Wildman–Crippen MR) is 67.0 cm³/mol. The Bertz CT molecular complexity index is 406. The number of likely N-dealkylation sites (tertiary alicyclic amines) is 1. The molecule has 1 fully saturated rings. The van der Waals surface area contributed by atoms with Gasteiger partial charge in [-0.25, -0.2) is 0 Å². The molecule has 0 unspecified atom stereocenters. The van der Waals surface area contributed by atoms with E-state index in [9.17, 15) is 4.79 Å². The Morgan fingerprint density at radius 2 is 2.11 bits per heavy atom.